The molecule has 1 amide bonds. The van der Waals surface area contributed by atoms with Crippen LogP contribution in [0.5, 0.6) is 0 Å². The fourth-order valence-electron chi connectivity index (χ4n) is 1.61. The van der Waals surface area contributed by atoms with Gasteiger partial charge in [-0.15, -0.1) is 0 Å². The lowest BCUT2D eigenvalue weighted by atomic mass is 10.0. The Kier molecular flexibility index (Phi) is 2.64. The zero-order chi connectivity index (χ0) is 10.8. The van der Waals surface area contributed by atoms with Crippen LogP contribution in [0, 0.1) is 11.6 Å². The van der Waals surface area contributed by atoms with Crippen LogP contribution in [0.2, 0.25) is 0 Å². The van der Waals surface area contributed by atoms with Gasteiger partial charge in [0.05, 0.1) is 0 Å². The van der Waals surface area contributed by atoms with Crippen LogP contribution in [-0.2, 0) is 4.79 Å². The van der Waals surface area contributed by atoms with Crippen LogP contribution >= 0.6 is 0 Å². The number of halogens is 2. The quantitative estimate of drug-likeness (QED) is 0.720. The van der Waals surface area contributed by atoms with Crippen LogP contribution in [0.25, 0.3) is 0 Å². The largest absolute Gasteiger partial charge is 0.353 e. The second kappa shape index (κ2) is 3.94. The molecule has 3 nitrogen and oxygen atoms in total. The van der Waals surface area contributed by atoms with Crippen molar-refractivity contribution in [3.63, 3.8) is 0 Å². The number of carbonyl (C=O) groups excluding carboxylic acids is 1. The van der Waals surface area contributed by atoms with Crippen molar-refractivity contribution in [2.45, 2.75) is 6.04 Å². The molecule has 1 aliphatic heterocycles. The summed E-state index contributed by atoms with van der Waals surface area (Å²) in [6.07, 6.45) is 0. The molecule has 1 aliphatic rings. The van der Waals surface area contributed by atoms with E-state index in [1.54, 1.807) is 0 Å². The summed E-state index contributed by atoms with van der Waals surface area (Å²) in [6.45, 7) is 1.13. The smallest absolute Gasteiger partial charge is 0.241 e. The van der Waals surface area contributed by atoms with Crippen molar-refractivity contribution in [2.75, 3.05) is 13.1 Å². The van der Waals surface area contributed by atoms with Gasteiger partial charge in [0, 0.05) is 19.2 Å². The summed E-state index contributed by atoms with van der Waals surface area (Å²) in [5, 5.41) is 5.52. The number of rotatable bonds is 1. The zero-order valence-corrected chi connectivity index (χ0v) is 7.89. The molecule has 0 aromatic heterocycles. The predicted octanol–water partition coefficient (Wildman–Crippen LogP) is 0.725. The van der Waals surface area contributed by atoms with Gasteiger partial charge in [0.1, 0.15) is 17.7 Å². The molecule has 1 aromatic rings. The van der Waals surface area contributed by atoms with Crippen LogP contribution < -0.4 is 10.6 Å². The number of benzene rings is 1. The number of hydrogen-bond acceptors (Lipinski definition) is 2. The molecule has 0 radical (unpaired) electrons. The van der Waals surface area contributed by atoms with Gasteiger partial charge in [-0.25, -0.2) is 8.78 Å². The lowest BCUT2D eigenvalue weighted by Gasteiger charge is -2.23. The second-order valence-corrected chi connectivity index (χ2v) is 3.38. The maximum absolute atomic E-state index is 12.9. The zero-order valence-electron chi connectivity index (χ0n) is 7.89. The van der Waals surface area contributed by atoms with Crippen molar-refractivity contribution in [2.24, 2.45) is 0 Å². The van der Waals surface area contributed by atoms with Crippen molar-refractivity contribution in [3.8, 4) is 0 Å². The summed E-state index contributed by atoms with van der Waals surface area (Å²) in [5.41, 5.74) is 0.310. The molecule has 0 unspecified atom stereocenters. The van der Waals surface area contributed by atoms with Crippen molar-refractivity contribution >= 4 is 5.91 Å². The molecular weight excluding hydrogens is 202 g/mol. The normalized spacial score (nSPS) is 21.2. The van der Waals surface area contributed by atoms with E-state index < -0.39 is 17.7 Å². The lowest BCUT2D eigenvalue weighted by molar-refractivity contribution is -0.124. The van der Waals surface area contributed by atoms with E-state index in [9.17, 15) is 13.6 Å². The van der Waals surface area contributed by atoms with E-state index in [1.807, 2.05) is 0 Å². The molecule has 0 spiro atoms. The highest BCUT2D eigenvalue weighted by atomic mass is 19.1. The summed E-state index contributed by atoms with van der Waals surface area (Å²) in [5.74, 6) is -1.61. The third-order valence-corrected chi connectivity index (χ3v) is 2.25. The van der Waals surface area contributed by atoms with Gasteiger partial charge in [0.2, 0.25) is 5.91 Å². The molecular formula is C10H10F2N2O. The lowest BCUT2D eigenvalue weighted by Crippen LogP contribution is -2.47. The first-order valence-electron chi connectivity index (χ1n) is 4.64. The minimum Gasteiger partial charge on any atom is -0.353 e. The van der Waals surface area contributed by atoms with Gasteiger partial charge in [0.25, 0.3) is 0 Å². The minimum atomic E-state index is -0.676. The Morgan fingerprint density at radius 3 is 2.40 bits per heavy atom. The highest BCUT2D eigenvalue weighted by Gasteiger charge is 2.23. The van der Waals surface area contributed by atoms with Gasteiger partial charge < -0.3 is 10.6 Å². The van der Waals surface area contributed by atoms with E-state index in [4.69, 9.17) is 0 Å². The van der Waals surface area contributed by atoms with E-state index >= 15 is 0 Å². The molecule has 2 rings (SSSR count). The topological polar surface area (TPSA) is 41.1 Å². The third kappa shape index (κ3) is 2.12. The van der Waals surface area contributed by atoms with Crippen molar-refractivity contribution in [1.29, 1.82) is 0 Å². The number of carbonyl (C=O) groups is 1. The molecule has 1 atom stereocenters. The maximum atomic E-state index is 12.9. The Morgan fingerprint density at radius 2 is 1.80 bits per heavy atom. The molecule has 15 heavy (non-hydrogen) atoms. The highest BCUT2D eigenvalue weighted by Crippen LogP contribution is 2.17. The van der Waals surface area contributed by atoms with E-state index in [2.05, 4.69) is 10.6 Å². The Labute approximate surface area is 85.5 Å². The number of hydrogen-bond donors (Lipinski definition) is 2. The van der Waals surface area contributed by atoms with Crippen LogP contribution in [0.4, 0.5) is 8.78 Å². The monoisotopic (exact) mass is 212 g/mol. The average molecular weight is 212 g/mol. The molecule has 0 bridgehead atoms. The standard InChI is InChI=1S/C10H10F2N2O/c11-7-3-6(4-8(12)5-7)9-10(15)14-2-1-13-9/h3-5,9,13H,1-2H2,(H,14,15)/t9-/m1/s1. The summed E-state index contributed by atoms with van der Waals surface area (Å²) in [4.78, 5) is 11.4. The molecule has 0 saturated carbocycles. The predicted molar refractivity (Wildman–Crippen MR) is 50.1 cm³/mol. The van der Waals surface area contributed by atoms with Crippen molar-refractivity contribution < 1.29 is 13.6 Å². The van der Waals surface area contributed by atoms with Gasteiger partial charge in [-0.2, -0.15) is 0 Å². The molecule has 2 N–H and O–H groups in total. The molecule has 1 aromatic carbocycles. The van der Waals surface area contributed by atoms with Crippen molar-refractivity contribution in [1.82, 2.24) is 10.6 Å². The van der Waals surface area contributed by atoms with Gasteiger partial charge in [-0.05, 0) is 17.7 Å². The SMILES string of the molecule is O=C1NCCN[C@@H]1c1cc(F)cc(F)c1. The van der Waals surface area contributed by atoms with E-state index in [-0.39, 0.29) is 5.91 Å². The Morgan fingerprint density at radius 1 is 1.13 bits per heavy atom. The molecule has 0 aliphatic carbocycles. The first-order valence-corrected chi connectivity index (χ1v) is 4.64. The fourth-order valence-corrected chi connectivity index (χ4v) is 1.61. The molecule has 1 fully saturated rings. The Hall–Kier alpha value is -1.49. The van der Waals surface area contributed by atoms with Crippen LogP contribution in [0.1, 0.15) is 11.6 Å². The summed E-state index contributed by atoms with van der Waals surface area (Å²) in [6, 6.07) is 2.44. The van der Waals surface area contributed by atoms with Crippen LogP contribution in [-0.4, -0.2) is 19.0 Å². The molecule has 1 saturated heterocycles. The second-order valence-electron chi connectivity index (χ2n) is 3.38. The Bertz CT molecular complexity index is 375. The molecule has 80 valence electrons. The third-order valence-electron chi connectivity index (χ3n) is 2.25. The van der Waals surface area contributed by atoms with E-state index in [0.29, 0.717) is 18.7 Å². The fraction of sp³-hybridized carbons (Fsp3) is 0.300. The van der Waals surface area contributed by atoms with Gasteiger partial charge >= 0.3 is 0 Å². The molecule has 1 heterocycles. The van der Waals surface area contributed by atoms with Crippen LogP contribution in [0.3, 0.4) is 0 Å². The number of amides is 1. The summed E-state index contributed by atoms with van der Waals surface area (Å²) >= 11 is 0. The van der Waals surface area contributed by atoms with Gasteiger partial charge in [-0.1, -0.05) is 0 Å². The van der Waals surface area contributed by atoms with E-state index in [1.165, 1.54) is 0 Å². The molecule has 5 heteroatoms. The average Bonchev–Trinajstić information content (AvgIpc) is 2.16. The van der Waals surface area contributed by atoms with E-state index in [0.717, 1.165) is 18.2 Å². The van der Waals surface area contributed by atoms with Crippen LogP contribution in [0.15, 0.2) is 18.2 Å². The maximum Gasteiger partial charge on any atom is 0.241 e. The number of piperazine rings is 1. The van der Waals surface area contributed by atoms with Crippen molar-refractivity contribution in [3.05, 3.63) is 35.4 Å². The Balaban J connectivity index is 2.31. The highest BCUT2D eigenvalue weighted by molar-refractivity contribution is 5.83. The van der Waals surface area contributed by atoms with Gasteiger partial charge in [0.15, 0.2) is 0 Å². The first kappa shape index (κ1) is 10.0. The first-order chi connectivity index (χ1) is 7.16. The minimum absolute atomic E-state index is 0.258. The number of nitrogens with one attached hydrogen (secondary N) is 2. The summed E-state index contributed by atoms with van der Waals surface area (Å²) < 4.78 is 25.8. The van der Waals surface area contributed by atoms with Gasteiger partial charge in [-0.3, -0.25) is 4.79 Å². The summed E-state index contributed by atoms with van der Waals surface area (Å²) in [7, 11) is 0.